The molecule has 0 aliphatic heterocycles. The summed E-state index contributed by atoms with van der Waals surface area (Å²) in [6.07, 6.45) is 0. The molecule has 0 N–H and O–H groups in total. The highest BCUT2D eigenvalue weighted by Crippen LogP contribution is 2.29. The first-order valence-corrected chi connectivity index (χ1v) is 13.5. The monoisotopic (exact) mass is 513 g/mol. The molecule has 1 amide bonds. The molecule has 0 unspecified atom stereocenters. The van der Waals surface area contributed by atoms with E-state index in [9.17, 15) is 13.2 Å². The van der Waals surface area contributed by atoms with Crippen LogP contribution in [0.25, 0.3) is 10.2 Å². The molecule has 0 atom stereocenters. The van der Waals surface area contributed by atoms with E-state index in [2.05, 4.69) is 4.99 Å². The van der Waals surface area contributed by atoms with Crippen molar-refractivity contribution in [2.24, 2.45) is 4.99 Å². The smallest absolute Gasteiger partial charge is 0.279 e. The number of hydrogen-bond donors (Lipinski definition) is 0. The highest BCUT2D eigenvalue weighted by molar-refractivity contribution is 7.92. The maximum absolute atomic E-state index is 13.2. The van der Waals surface area contributed by atoms with Gasteiger partial charge < -0.3 is 4.57 Å². The summed E-state index contributed by atoms with van der Waals surface area (Å²) >= 11 is 7.74. The first-order chi connectivity index (χ1) is 16.3. The third-order valence-electron chi connectivity index (χ3n) is 5.51. The molecule has 0 saturated carbocycles. The van der Waals surface area contributed by atoms with Gasteiger partial charge in [-0.25, -0.2) is 8.42 Å². The summed E-state index contributed by atoms with van der Waals surface area (Å²) in [7, 11) is -3.77. The van der Waals surface area contributed by atoms with Gasteiger partial charge in [0.25, 0.3) is 15.9 Å². The van der Waals surface area contributed by atoms with E-state index in [1.54, 1.807) is 31.2 Å². The number of carbonyl (C=O) groups excluding carboxylic acids is 1. The SMILES string of the molecule is CCN(c1ccccc1)S(=O)(=O)c1ccc(C(=O)N=c2sc3c(Cl)ccc(C)c3n2CC)cc1. The molecule has 3 aromatic carbocycles. The van der Waals surface area contributed by atoms with Crippen LogP contribution in [0.5, 0.6) is 0 Å². The number of para-hydroxylation sites is 1. The fourth-order valence-electron chi connectivity index (χ4n) is 3.83. The molecule has 0 radical (unpaired) electrons. The lowest BCUT2D eigenvalue weighted by molar-refractivity contribution is 0.0997. The Kier molecular flexibility index (Phi) is 6.93. The van der Waals surface area contributed by atoms with Crippen LogP contribution < -0.4 is 9.11 Å². The van der Waals surface area contributed by atoms with Crippen molar-refractivity contribution in [3.8, 4) is 0 Å². The number of benzene rings is 3. The minimum absolute atomic E-state index is 0.114. The quantitative estimate of drug-likeness (QED) is 0.335. The third kappa shape index (κ3) is 4.41. The molecule has 0 aliphatic rings. The molecule has 0 bridgehead atoms. The lowest BCUT2D eigenvalue weighted by atomic mass is 10.2. The summed E-state index contributed by atoms with van der Waals surface area (Å²) in [6, 6.07) is 18.6. The Balaban J connectivity index is 1.69. The van der Waals surface area contributed by atoms with Gasteiger partial charge >= 0.3 is 0 Å². The van der Waals surface area contributed by atoms with Crippen molar-refractivity contribution in [3.63, 3.8) is 0 Å². The summed E-state index contributed by atoms with van der Waals surface area (Å²) in [5, 5.41) is 0.621. The van der Waals surface area contributed by atoms with Gasteiger partial charge in [0.2, 0.25) is 0 Å². The topological polar surface area (TPSA) is 71.7 Å². The molecular formula is C25H24ClN3O3S2. The molecular weight excluding hydrogens is 490 g/mol. The summed E-state index contributed by atoms with van der Waals surface area (Å²) in [5.74, 6) is -0.443. The highest BCUT2D eigenvalue weighted by atomic mass is 35.5. The van der Waals surface area contributed by atoms with Crippen molar-refractivity contribution in [3.05, 3.63) is 87.7 Å². The number of nitrogens with zero attached hydrogens (tertiary/aromatic N) is 3. The van der Waals surface area contributed by atoms with E-state index >= 15 is 0 Å². The average molecular weight is 514 g/mol. The standard InChI is InChI=1S/C25H24ClN3O3S2/c1-4-28-22-17(3)11-16-21(26)23(22)33-25(28)27-24(30)18-12-14-20(15-13-18)34(31,32)29(5-2)19-9-7-6-8-10-19/h6-16H,4-5H2,1-3H3. The van der Waals surface area contributed by atoms with E-state index in [-0.39, 0.29) is 11.4 Å². The van der Waals surface area contributed by atoms with E-state index in [1.165, 1.54) is 39.9 Å². The maximum atomic E-state index is 13.2. The zero-order valence-corrected chi connectivity index (χ0v) is 21.4. The predicted octanol–water partition coefficient (Wildman–Crippen LogP) is 5.64. The van der Waals surface area contributed by atoms with Gasteiger partial charge in [-0.1, -0.05) is 47.2 Å². The minimum atomic E-state index is -3.77. The molecule has 176 valence electrons. The molecule has 0 aliphatic carbocycles. The van der Waals surface area contributed by atoms with E-state index in [0.717, 1.165) is 15.8 Å². The Labute approximate surface area is 207 Å². The van der Waals surface area contributed by atoms with E-state index in [1.807, 2.05) is 36.6 Å². The Morgan fingerprint density at radius 3 is 2.32 bits per heavy atom. The molecule has 1 aromatic heterocycles. The molecule has 0 saturated heterocycles. The van der Waals surface area contributed by atoms with Crippen LogP contribution in [0.3, 0.4) is 0 Å². The lowest BCUT2D eigenvalue weighted by Crippen LogP contribution is -2.30. The fraction of sp³-hybridized carbons (Fsp3) is 0.200. The third-order valence-corrected chi connectivity index (χ3v) is 8.97. The number of amides is 1. The molecule has 9 heteroatoms. The van der Waals surface area contributed by atoms with Crippen LogP contribution >= 0.6 is 22.9 Å². The van der Waals surface area contributed by atoms with Gasteiger partial charge in [0.05, 0.1) is 25.8 Å². The molecule has 6 nitrogen and oxygen atoms in total. The second-order valence-electron chi connectivity index (χ2n) is 7.62. The average Bonchev–Trinajstić information content (AvgIpc) is 3.22. The highest BCUT2D eigenvalue weighted by Gasteiger charge is 2.23. The van der Waals surface area contributed by atoms with Crippen LogP contribution in [0.4, 0.5) is 5.69 Å². The number of sulfonamides is 1. The van der Waals surface area contributed by atoms with Crippen molar-refractivity contribution in [2.75, 3.05) is 10.8 Å². The maximum Gasteiger partial charge on any atom is 0.279 e. The van der Waals surface area contributed by atoms with Gasteiger partial charge in [0.15, 0.2) is 4.80 Å². The van der Waals surface area contributed by atoms with Crippen molar-refractivity contribution in [2.45, 2.75) is 32.2 Å². The molecule has 0 spiro atoms. The Bertz CT molecular complexity index is 1520. The minimum Gasteiger partial charge on any atom is -0.316 e. The first-order valence-electron chi connectivity index (χ1n) is 10.8. The van der Waals surface area contributed by atoms with Crippen LogP contribution in [-0.4, -0.2) is 25.4 Å². The number of halogens is 1. The summed E-state index contributed by atoms with van der Waals surface area (Å²) in [6.45, 7) is 6.69. The zero-order chi connectivity index (χ0) is 24.5. The number of aromatic nitrogens is 1. The molecule has 0 fully saturated rings. The van der Waals surface area contributed by atoms with Crippen LogP contribution in [0, 0.1) is 6.92 Å². The molecule has 34 heavy (non-hydrogen) atoms. The van der Waals surface area contributed by atoms with Gasteiger partial charge in [0, 0.05) is 18.7 Å². The fourth-order valence-corrected chi connectivity index (χ4v) is 6.75. The lowest BCUT2D eigenvalue weighted by Gasteiger charge is -2.22. The van der Waals surface area contributed by atoms with E-state index in [0.29, 0.717) is 27.6 Å². The van der Waals surface area contributed by atoms with Crippen LogP contribution in [-0.2, 0) is 16.6 Å². The molecule has 4 aromatic rings. The Morgan fingerprint density at radius 2 is 1.71 bits per heavy atom. The summed E-state index contributed by atoms with van der Waals surface area (Å²) in [4.78, 5) is 17.9. The number of anilines is 1. The number of rotatable bonds is 6. The number of aryl methyl sites for hydroxylation is 2. The van der Waals surface area contributed by atoms with Gasteiger partial charge in [-0.2, -0.15) is 4.99 Å². The number of fused-ring (bicyclic) bond motifs is 1. The van der Waals surface area contributed by atoms with Crippen molar-refractivity contribution < 1.29 is 13.2 Å². The Hall–Kier alpha value is -2.94. The van der Waals surface area contributed by atoms with Crippen molar-refractivity contribution in [1.82, 2.24) is 4.57 Å². The number of carbonyl (C=O) groups is 1. The van der Waals surface area contributed by atoms with Crippen LogP contribution in [0.2, 0.25) is 5.02 Å². The largest absolute Gasteiger partial charge is 0.316 e. The summed E-state index contributed by atoms with van der Waals surface area (Å²) in [5.41, 5.74) is 2.92. The van der Waals surface area contributed by atoms with E-state index in [4.69, 9.17) is 11.6 Å². The zero-order valence-electron chi connectivity index (χ0n) is 19.0. The predicted molar refractivity (Wildman–Crippen MR) is 138 cm³/mol. The van der Waals surface area contributed by atoms with Gasteiger partial charge in [-0.3, -0.25) is 9.10 Å². The second-order valence-corrected chi connectivity index (χ2v) is 10.9. The summed E-state index contributed by atoms with van der Waals surface area (Å²) < 4.78 is 30.6. The second kappa shape index (κ2) is 9.74. The number of hydrogen-bond acceptors (Lipinski definition) is 4. The van der Waals surface area contributed by atoms with Crippen molar-refractivity contribution in [1.29, 1.82) is 0 Å². The van der Waals surface area contributed by atoms with Gasteiger partial charge in [-0.05, 0) is 68.8 Å². The van der Waals surface area contributed by atoms with Crippen molar-refractivity contribution >= 4 is 54.8 Å². The van der Waals surface area contributed by atoms with Crippen LogP contribution in [0.1, 0.15) is 29.8 Å². The van der Waals surface area contributed by atoms with Crippen LogP contribution in [0.15, 0.2) is 76.6 Å². The normalized spacial score (nSPS) is 12.3. The Morgan fingerprint density at radius 1 is 1.03 bits per heavy atom. The van der Waals surface area contributed by atoms with Gasteiger partial charge in [0.1, 0.15) is 0 Å². The van der Waals surface area contributed by atoms with E-state index < -0.39 is 15.9 Å². The first kappa shape index (κ1) is 24.2. The number of thiazole rings is 1. The molecule has 4 rings (SSSR count). The van der Waals surface area contributed by atoms with Gasteiger partial charge in [-0.15, -0.1) is 0 Å². The molecule has 1 heterocycles.